The highest BCUT2D eigenvalue weighted by molar-refractivity contribution is 5.81. The molecule has 22 heavy (non-hydrogen) atoms. The van der Waals surface area contributed by atoms with Crippen LogP contribution in [0.25, 0.3) is 0 Å². The summed E-state index contributed by atoms with van der Waals surface area (Å²) in [6.07, 6.45) is 11.9. The summed E-state index contributed by atoms with van der Waals surface area (Å²) in [7, 11) is 0. The fourth-order valence-electron chi connectivity index (χ4n) is 4.49. The molecule has 1 N–H and O–H groups in total. The average molecular weight is 307 g/mol. The number of hydrogen-bond acceptors (Lipinski definition) is 3. The lowest BCUT2D eigenvalue weighted by molar-refractivity contribution is -0.127. The molecule has 0 radical (unpaired) electrons. The van der Waals surface area contributed by atoms with Crippen LogP contribution in [0.15, 0.2) is 0 Å². The zero-order valence-corrected chi connectivity index (χ0v) is 14.2. The van der Waals surface area contributed by atoms with Crippen molar-refractivity contribution in [1.29, 1.82) is 0 Å². The van der Waals surface area contributed by atoms with Gasteiger partial charge in [0, 0.05) is 38.3 Å². The molecule has 1 unspecified atom stereocenters. The highest BCUT2D eigenvalue weighted by Crippen LogP contribution is 2.24. The third-order valence-corrected chi connectivity index (χ3v) is 6.07. The van der Waals surface area contributed by atoms with Crippen molar-refractivity contribution in [2.45, 2.75) is 82.8 Å². The molecular formula is C18H33N3O. The van der Waals surface area contributed by atoms with Gasteiger partial charge in [-0.25, -0.2) is 0 Å². The first kappa shape index (κ1) is 16.3. The molecule has 1 heterocycles. The van der Waals surface area contributed by atoms with Crippen molar-refractivity contribution < 1.29 is 4.79 Å². The smallest absolute Gasteiger partial charge is 0.237 e. The molecule has 0 spiro atoms. The van der Waals surface area contributed by atoms with Crippen molar-refractivity contribution in [2.24, 2.45) is 0 Å². The molecule has 4 nitrogen and oxygen atoms in total. The Labute approximate surface area is 135 Å². The Morgan fingerprint density at radius 3 is 2.14 bits per heavy atom. The number of piperazine rings is 1. The standard InChI is InChI=1S/C18H33N3O/c1-15(18(22)19-16-7-5-6-8-16)20-11-13-21(14-12-20)17-9-3-2-4-10-17/h15-17H,2-14H2,1H3,(H,19,22). The molecular weight excluding hydrogens is 274 g/mol. The molecule has 0 bridgehead atoms. The van der Waals surface area contributed by atoms with Crippen LogP contribution in [0.1, 0.15) is 64.7 Å². The normalized spacial score (nSPS) is 27.9. The molecule has 3 fully saturated rings. The SMILES string of the molecule is CC(C(=O)NC1CCCC1)N1CCN(C2CCCCC2)CC1. The van der Waals surface area contributed by atoms with E-state index in [2.05, 4.69) is 22.0 Å². The maximum Gasteiger partial charge on any atom is 0.237 e. The van der Waals surface area contributed by atoms with E-state index in [1.165, 1.54) is 57.8 Å². The van der Waals surface area contributed by atoms with E-state index in [1.54, 1.807) is 0 Å². The summed E-state index contributed by atoms with van der Waals surface area (Å²) in [5.41, 5.74) is 0. The molecule has 3 rings (SSSR count). The molecule has 1 aliphatic heterocycles. The predicted octanol–water partition coefficient (Wildman–Crippen LogP) is 2.38. The van der Waals surface area contributed by atoms with Crippen molar-refractivity contribution >= 4 is 5.91 Å². The zero-order valence-electron chi connectivity index (χ0n) is 14.2. The van der Waals surface area contributed by atoms with Crippen LogP contribution < -0.4 is 5.32 Å². The molecule has 1 atom stereocenters. The van der Waals surface area contributed by atoms with Gasteiger partial charge in [0.05, 0.1) is 6.04 Å². The topological polar surface area (TPSA) is 35.6 Å². The lowest BCUT2D eigenvalue weighted by Gasteiger charge is -2.42. The quantitative estimate of drug-likeness (QED) is 0.866. The van der Waals surface area contributed by atoms with Gasteiger partial charge in [-0.2, -0.15) is 0 Å². The summed E-state index contributed by atoms with van der Waals surface area (Å²) >= 11 is 0. The minimum atomic E-state index is 0.0362. The van der Waals surface area contributed by atoms with Crippen LogP contribution in [0.5, 0.6) is 0 Å². The predicted molar refractivity (Wildman–Crippen MR) is 89.9 cm³/mol. The minimum Gasteiger partial charge on any atom is -0.352 e. The van der Waals surface area contributed by atoms with Gasteiger partial charge in [-0.05, 0) is 32.6 Å². The Bertz CT molecular complexity index is 353. The Morgan fingerprint density at radius 1 is 0.909 bits per heavy atom. The molecule has 126 valence electrons. The van der Waals surface area contributed by atoms with Crippen LogP contribution in [0.4, 0.5) is 0 Å². The number of nitrogens with one attached hydrogen (secondary N) is 1. The molecule has 4 heteroatoms. The summed E-state index contributed by atoms with van der Waals surface area (Å²) in [6, 6.07) is 1.30. The molecule has 1 saturated heterocycles. The van der Waals surface area contributed by atoms with Crippen molar-refractivity contribution in [2.75, 3.05) is 26.2 Å². The molecule has 1 amide bonds. The van der Waals surface area contributed by atoms with Crippen LogP contribution in [-0.4, -0.2) is 60.0 Å². The van der Waals surface area contributed by atoms with E-state index in [0.29, 0.717) is 6.04 Å². The first-order valence-electron chi connectivity index (χ1n) is 9.52. The largest absolute Gasteiger partial charge is 0.352 e. The Kier molecular flexibility index (Phi) is 5.75. The van der Waals surface area contributed by atoms with Gasteiger partial charge < -0.3 is 5.32 Å². The highest BCUT2D eigenvalue weighted by Gasteiger charge is 2.30. The van der Waals surface area contributed by atoms with Crippen molar-refractivity contribution in [3.63, 3.8) is 0 Å². The van der Waals surface area contributed by atoms with Gasteiger partial charge in [-0.1, -0.05) is 32.1 Å². The fourth-order valence-corrected chi connectivity index (χ4v) is 4.49. The molecule has 2 aliphatic carbocycles. The van der Waals surface area contributed by atoms with Crippen LogP contribution in [0, 0.1) is 0 Å². The number of nitrogens with zero attached hydrogens (tertiary/aromatic N) is 2. The number of hydrogen-bond donors (Lipinski definition) is 1. The zero-order chi connectivity index (χ0) is 15.4. The Balaban J connectivity index is 1.42. The van der Waals surface area contributed by atoms with Gasteiger partial charge in [0.2, 0.25) is 5.91 Å². The van der Waals surface area contributed by atoms with Crippen LogP contribution in [-0.2, 0) is 4.79 Å². The summed E-state index contributed by atoms with van der Waals surface area (Å²) in [4.78, 5) is 17.5. The van der Waals surface area contributed by atoms with E-state index >= 15 is 0 Å². The van der Waals surface area contributed by atoms with Crippen LogP contribution in [0.3, 0.4) is 0 Å². The van der Waals surface area contributed by atoms with E-state index in [-0.39, 0.29) is 11.9 Å². The highest BCUT2D eigenvalue weighted by atomic mass is 16.2. The maximum atomic E-state index is 12.4. The van der Waals surface area contributed by atoms with E-state index in [1.807, 2.05) is 0 Å². The second kappa shape index (κ2) is 7.78. The monoisotopic (exact) mass is 307 g/mol. The average Bonchev–Trinajstić information content (AvgIpc) is 3.08. The second-order valence-electron chi connectivity index (χ2n) is 7.53. The van der Waals surface area contributed by atoms with Crippen LogP contribution in [0.2, 0.25) is 0 Å². The van der Waals surface area contributed by atoms with Crippen molar-refractivity contribution in [3.05, 3.63) is 0 Å². The number of carbonyl (C=O) groups excluding carboxylic acids is 1. The number of amides is 1. The molecule has 3 aliphatic rings. The van der Waals surface area contributed by atoms with Crippen molar-refractivity contribution in [1.82, 2.24) is 15.1 Å². The van der Waals surface area contributed by atoms with Crippen molar-refractivity contribution in [3.8, 4) is 0 Å². The fraction of sp³-hybridized carbons (Fsp3) is 0.944. The van der Waals surface area contributed by atoms with E-state index in [4.69, 9.17) is 0 Å². The lowest BCUT2D eigenvalue weighted by atomic mass is 9.94. The molecule has 2 saturated carbocycles. The Morgan fingerprint density at radius 2 is 1.50 bits per heavy atom. The third kappa shape index (κ3) is 4.02. The molecule has 0 aromatic rings. The van der Waals surface area contributed by atoms with Crippen LogP contribution >= 0.6 is 0 Å². The molecule has 0 aromatic carbocycles. The third-order valence-electron chi connectivity index (χ3n) is 6.07. The maximum absolute atomic E-state index is 12.4. The van der Waals surface area contributed by atoms with Gasteiger partial charge in [0.15, 0.2) is 0 Å². The van der Waals surface area contributed by atoms with Gasteiger partial charge >= 0.3 is 0 Å². The minimum absolute atomic E-state index is 0.0362. The summed E-state index contributed by atoms with van der Waals surface area (Å²) in [5, 5.41) is 3.26. The number of carbonyl (C=O) groups is 1. The van der Waals surface area contributed by atoms with E-state index in [0.717, 1.165) is 32.2 Å². The summed E-state index contributed by atoms with van der Waals surface area (Å²) in [5.74, 6) is 0.248. The Hall–Kier alpha value is -0.610. The second-order valence-corrected chi connectivity index (χ2v) is 7.53. The summed E-state index contributed by atoms with van der Waals surface area (Å²) in [6.45, 7) is 6.48. The lowest BCUT2D eigenvalue weighted by Crippen LogP contribution is -2.56. The number of rotatable bonds is 4. The first-order chi connectivity index (χ1) is 10.7. The first-order valence-corrected chi connectivity index (χ1v) is 9.52. The van der Waals surface area contributed by atoms with E-state index < -0.39 is 0 Å². The van der Waals surface area contributed by atoms with Gasteiger partial charge in [0.1, 0.15) is 0 Å². The van der Waals surface area contributed by atoms with E-state index in [9.17, 15) is 4.79 Å². The summed E-state index contributed by atoms with van der Waals surface area (Å²) < 4.78 is 0. The molecule has 0 aromatic heterocycles. The van der Waals surface area contributed by atoms with Gasteiger partial charge in [-0.15, -0.1) is 0 Å². The van der Waals surface area contributed by atoms with Gasteiger partial charge in [0.25, 0.3) is 0 Å². The van der Waals surface area contributed by atoms with Gasteiger partial charge in [-0.3, -0.25) is 14.6 Å².